The second kappa shape index (κ2) is 6.42. The standard InChI is InChI=1S/C21H14N6/c1-2-4-17(5-3-1)27-14-24-19-18(15-6-10-22-11-7-15)25-20(26-21(19)27)16-8-12-23-13-9-16/h1-14H. The van der Waals surface area contributed by atoms with Gasteiger partial charge in [0.2, 0.25) is 0 Å². The summed E-state index contributed by atoms with van der Waals surface area (Å²) in [4.78, 5) is 22.4. The molecule has 6 heteroatoms. The third-order valence-electron chi connectivity index (χ3n) is 4.32. The molecule has 5 rings (SSSR count). The Bertz CT molecular complexity index is 1200. The minimum atomic E-state index is 0.634. The lowest BCUT2D eigenvalue weighted by Gasteiger charge is -2.08. The molecule has 0 aliphatic carbocycles. The number of benzene rings is 1. The van der Waals surface area contributed by atoms with E-state index in [0.717, 1.165) is 33.7 Å². The number of imidazole rings is 1. The van der Waals surface area contributed by atoms with Gasteiger partial charge in [-0.25, -0.2) is 15.0 Å². The fraction of sp³-hybridized carbons (Fsp3) is 0. The number of hydrogen-bond donors (Lipinski definition) is 0. The van der Waals surface area contributed by atoms with Crippen molar-refractivity contribution >= 4 is 11.2 Å². The van der Waals surface area contributed by atoms with Crippen LogP contribution >= 0.6 is 0 Å². The van der Waals surface area contributed by atoms with Crippen LogP contribution in [0.15, 0.2) is 85.7 Å². The average molecular weight is 350 g/mol. The van der Waals surface area contributed by atoms with Gasteiger partial charge in [-0.2, -0.15) is 0 Å². The van der Waals surface area contributed by atoms with E-state index in [0.29, 0.717) is 5.82 Å². The van der Waals surface area contributed by atoms with Crippen LogP contribution in [0.3, 0.4) is 0 Å². The molecular weight excluding hydrogens is 336 g/mol. The van der Waals surface area contributed by atoms with Crippen molar-refractivity contribution in [3.63, 3.8) is 0 Å². The molecular formula is C21H14N6. The maximum absolute atomic E-state index is 4.81. The first-order valence-electron chi connectivity index (χ1n) is 8.51. The van der Waals surface area contributed by atoms with E-state index < -0.39 is 0 Å². The molecule has 0 amide bonds. The van der Waals surface area contributed by atoms with Crippen LogP contribution in [-0.4, -0.2) is 29.5 Å². The summed E-state index contributed by atoms with van der Waals surface area (Å²) >= 11 is 0. The summed E-state index contributed by atoms with van der Waals surface area (Å²) in [6.45, 7) is 0. The zero-order valence-corrected chi connectivity index (χ0v) is 14.3. The number of nitrogens with zero attached hydrogens (tertiary/aromatic N) is 6. The van der Waals surface area contributed by atoms with E-state index in [-0.39, 0.29) is 0 Å². The Morgan fingerprint density at radius 1 is 0.667 bits per heavy atom. The van der Waals surface area contributed by atoms with Gasteiger partial charge >= 0.3 is 0 Å². The molecule has 4 heterocycles. The lowest BCUT2D eigenvalue weighted by atomic mass is 10.1. The summed E-state index contributed by atoms with van der Waals surface area (Å²) in [6.07, 6.45) is 8.77. The monoisotopic (exact) mass is 350 g/mol. The molecule has 128 valence electrons. The van der Waals surface area contributed by atoms with Gasteiger partial charge in [0.25, 0.3) is 0 Å². The van der Waals surface area contributed by atoms with E-state index in [1.807, 2.05) is 59.2 Å². The Morgan fingerprint density at radius 3 is 2.04 bits per heavy atom. The Kier molecular flexibility index (Phi) is 3.65. The Balaban J connectivity index is 1.82. The molecule has 0 saturated heterocycles. The molecule has 0 spiro atoms. The van der Waals surface area contributed by atoms with Gasteiger partial charge in [0.1, 0.15) is 17.5 Å². The lowest BCUT2D eigenvalue weighted by Crippen LogP contribution is -1.99. The zero-order valence-electron chi connectivity index (χ0n) is 14.3. The summed E-state index contributed by atoms with van der Waals surface area (Å²) in [6, 6.07) is 17.7. The van der Waals surface area contributed by atoms with Crippen LogP contribution in [0, 0.1) is 0 Å². The Morgan fingerprint density at radius 2 is 1.33 bits per heavy atom. The highest BCUT2D eigenvalue weighted by Gasteiger charge is 2.16. The van der Waals surface area contributed by atoms with Crippen molar-refractivity contribution in [2.75, 3.05) is 0 Å². The zero-order chi connectivity index (χ0) is 18.1. The maximum atomic E-state index is 4.81. The van der Waals surface area contributed by atoms with Gasteiger partial charge in [-0.15, -0.1) is 0 Å². The molecule has 27 heavy (non-hydrogen) atoms. The predicted molar refractivity (Wildman–Crippen MR) is 103 cm³/mol. The largest absolute Gasteiger partial charge is 0.283 e. The molecule has 0 saturated carbocycles. The van der Waals surface area contributed by atoms with Crippen molar-refractivity contribution < 1.29 is 0 Å². The molecule has 6 nitrogen and oxygen atoms in total. The van der Waals surface area contributed by atoms with Crippen LogP contribution in [0.25, 0.3) is 39.5 Å². The first-order chi connectivity index (χ1) is 13.4. The normalized spacial score (nSPS) is 11.0. The van der Waals surface area contributed by atoms with Crippen molar-refractivity contribution in [1.29, 1.82) is 0 Å². The van der Waals surface area contributed by atoms with Gasteiger partial charge in [-0.3, -0.25) is 14.5 Å². The van der Waals surface area contributed by atoms with Gasteiger partial charge in [0, 0.05) is 41.6 Å². The molecule has 0 unspecified atom stereocenters. The predicted octanol–water partition coefficient (Wildman–Crippen LogP) is 3.94. The maximum Gasteiger partial charge on any atom is 0.169 e. The fourth-order valence-corrected chi connectivity index (χ4v) is 3.02. The third kappa shape index (κ3) is 2.73. The fourth-order valence-electron chi connectivity index (χ4n) is 3.02. The van der Waals surface area contributed by atoms with Crippen molar-refractivity contribution in [1.82, 2.24) is 29.5 Å². The minimum Gasteiger partial charge on any atom is -0.283 e. The van der Waals surface area contributed by atoms with E-state index in [1.54, 1.807) is 31.1 Å². The number of aromatic nitrogens is 6. The molecule has 0 aliphatic heterocycles. The van der Waals surface area contributed by atoms with Crippen LogP contribution < -0.4 is 0 Å². The van der Waals surface area contributed by atoms with E-state index in [1.165, 1.54) is 0 Å². The molecule has 0 bridgehead atoms. The summed E-state index contributed by atoms with van der Waals surface area (Å²) in [5.74, 6) is 0.634. The van der Waals surface area contributed by atoms with Crippen LogP contribution in [0.2, 0.25) is 0 Å². The highest BCUT2D eigenvalue weighted by molar-refractivity contribution is 5.89. The van der Waals surface area contributed by atoms with Crippen LogP contribution in [0.4, 0.5) is 0 Å². The topological polar surface area (TPSA) is 69.4 Å². The first kappa shape index (κ1) is 15.3. The van der Waals surface area contributed by atoms with Gasteiger partial charge < -0.3 is 0 Å². The molecule has 0 N–H and O–H groups in total. The summed E-state index contributed by atoms with van der Waals surface area (Å²) in [7, 11) is 0. The van der Waals surface area contributed by atoms with Crippen molar-refractivity contribution in [2.45, 2.75) is 0 Å². The van der Waals surface area contributed by atoms with E-state index in [2.05, 4.69) is 15.0 Å². The van der Waals surface area contributed by atoms with Crippen molar-refractivity contribution in [2.24, 2.45) is 0 Å². The number of para-hydroxylation sites is 1. The van der Waals surface area contributed by atoms with Crippen LogP contribution in [-0.2, 0) is 0 Å². The van der Waals surface area contributed by atoms with E-state index >= 15 is 0 Å². The summed E-state index contributed by atoms with van der Waals surface area (Å²) in [5, 5.41) is 0. The lowest BCUT2D eigenvalue weighted by molar-refractivity contribution is 1.06. The van der Waals surface area contributed by atoms with E-state index in [4.69, 9.17) is 9.97 Å². The van der Waals surface area contributed by atoms with Crippen LogP contribution in [0.1, 0.15) is 0 Å². The molecule has 0 atom stereocenters. The number of rotatable bonds is 3. The van der Waals surface area contributed by atoms with Crippen LogP contribution in [0.5, 0.6) is 0 Å². The highest BCUT2D eigenvalue weighted by atomic mass is 15.1. The third-order valence-corrected chi connectivity index (χ3v) is 4.32. The minimum absolute atomic E-state index is 0.634. The van der Waals surface area contributed by atoms with Crippen molar-refractivity contribution in [3.05, 3.63) is 85.7 Å². The van der Waals surface area contributed by atoms with Gasteiger partial charge in [0.05, 0.1) is 0 Å². The van der Waals surface area contributed by atoms with Gasteiger partial charge in [0.15, 0.2) is 11.5 Å². The second-order valence-electron chi connectivity index (χ2n) is 5.99. The summed E-state index contributed by atoms with van der Waals surface area (Å²) < 4.78 is 1.98. The first-order valence-corrected chi connectivity index (χ1v) is 8.51. The molecule has 0 radical (unpaired) electrons. The molecule has 5 aromatic rings. The highest BCUT2D eigenvalue weighted by Crippen LogP contribution is 2.29. The molecule has 1 aromatic carbocycles. The van der Waals surface area contributed by atoms with E-state index in [9.17, 15) is 0 Å². The number of pyridine rings is 2. The quantitative estimate of drug-likeness (QED) is 0.493. The smallest absolute Gasteiger partial charge is 0.169 e. The molecule has 4 aromatic heterocycles. The van der Waals surface area contributed by atoms with Crippen molar-refractivity contribution in [3.8, 4) is 28.3 Å². The Labute approximate surface area is 155 Å². The average Bonchev–Trinajstić information content (AvgIpc) is 3.19. The molecule has 0 fully saturated rings. The number of hydrogen-bond acceptors (Lipinski definition) is 5. The SMILES string of the molecule is c1ccc(-n2cnc3c(-c4ccncc4)nc(-c4ccncc4)nc32)cc1. The van der Waals surface area contributed by atoms with Gasteiger partial charge in [-0.05, 0) is 36.4 Å². The number of fused-ring (bicyclic) bond motifs is 1. The molecule has 0 aliphatic rings. The summed E-state index contributed by atoms with van der Waals surface area (Å²) in [5.41, 5.74) is 5.15. The second-order valence-corrected chi connectivity index (χ2v) is 5.99. The Hall–Kier alpha value is -3.93. The van der Waals surface area contributed by atoms with Gasteiger partial charge in [-0.1, -0.05) is 18.2 Å².